The molecule has 1 atom stereocenters. The lowest BCUT2D eigenvalue weighted by Gasteiger charge is -2.20. The Morgan fingerprint density at radius 1 is 1.53 bits per heavy atom. The van der Waals surface area contributed by atoms with E-state index in [2.05, 4.69) is 6.92 Å². The van der Waals surface area contributed by atoms with Crippen molar-refractivity contribution < 1.29 is 13.1 Å². The molecule has 1 aromatic rings. The zero-order valence-corrected chi connectivity index (χ0v) is 10.9. The maximum Gasteiger partial charge on any atom is 0.232 e. The van der Waals surface area contributed by atoms with Gasteiger partial charge in [0.05, 0.1) is 6.26 Å². The summed E-state index contributed by atoms with van der Waals surface area (Å²) >= 11 is 0. The van der Waals surface area contributed by atoms with E-state index in [9.17, 15) is 8.42 Å². The molecule has 2 N–H and O–H groups in total. The van der Waals surface area contributed by atoms with Crippen LogP contribution in [-0.2, 0) is 10.0 Å². The van der Waals surface area contributed by atoms with Crippen LogP contribution in [0.15, 0.2) is 18.5 Å². The molecule has 0 saturated heterocycles. The predicted molar refractivity (Wildman–Crippen MR) is 66.6 cm³/mol. The first-order valence-electron chi connectivity index (χ1n) is 5.67. The molecule has 1 aliphatic heterocycles. The summed E-state index contributed by atoms with van der Waals surface area (Å²) in [6.07, 6.45) is 6.53. The van der Waals surface area contributed by atoms with Crippen LogP contribution in [0.2, 0.25) is 0 Å². The van der Waals surface area contributed by atoms with E-state index in [-0.39, 0.29) is 0 Å². The summed E-state index contributed by atoms with van der Waals surface area (Å²) < 4.78 is 26.4. The van der Waals surface area contributed by atoms with Gasteiger partial charge in [0.2, 0.25) is 16.2 Å². The van der Waals surface area contributed by atoms with E-state index in [1.54, 1.807) is 12.4 Å². The zero-order chi connectivity index (χ0) is 12.6. The van der Waals surface area contributed by atoms with Crippen molar-refractivity contribution >= 4 is 15.7 Å². The molecule has 94 valence electrons. The van der Waals surface area contributed by atoms with Gasteiger partial charge in [-0.1, -0.05) is 11.6 Å². The fraction of sp³-hybridized carbons (Fsp3) is 0.545. The topological polar surface area (TPSA) is 67.3 Å². The van der Waals surface area contributed by atoms with Gasteiger partial charge in [0, 0.05) is 12.6 Å². The quantitative estimate of drug-likeness (QED) is 0.582. The Hall–Kier alpha value is -1.30. The number of nitrogens with zero attached hydrogens (tertiary/aromatic N) is 2. The summed E-state index contributed by atoms with van der Waals surface area (Å²) in [4.78, 5) is 0. The van der Waals surface area contributed by atoms with Crippen molar-refractivity contribution in [1.29, 1.82) is 0 Å². The number of hydrogen-bond donors (Lipinski definition) is 1. The minimum Gasteiger partial charge on any atom is -0.264 e. The fourth-order valence-corrected chi connectivity index (χ4v) is 3.27. The summed E-state index contributed by atoms with van der Waals surface area (Å²) in [5, 5.41) is 0. The van der Waals surface area contributed by atoms with Gasteiger partial charge in [-0.2, -0.15) is 0 Å². The molecule has 6 heteroatoms. The summed E-state index contributed by atoms with van der Waals surface area (Å²) in [5.74, 6) is 6.04. The first-order chi connectivity index (χ1) is 7.89. The zero-order valence-electron chi connectivity index (χ0n) is 10.1. The number of anilines is 1. The van der Waals surface area contributed by atoms with Crippen molar-refractivity contribution in [2.45, 2.75) is 25.7 Å². The molecule has 1 aliphatic rings. The van der Waals surface area contributed by atoms with Crippen LogP contribution >= 0.6 is 0 Å². The minimum absolute atomic E-state index is 0.359. The van der Waals surface area contributed by atoms with Crippen LogP contribution in [0.1, 0.15) is 31.2 Å². The van der Waals surface area contributed by atoms with Gasteiger partial charge in [-0.15, -0.1) is 0 Å². The smallest absolute Gasteiger partial charge is 0.232 e. The highest BCUT2D eigenvalue weighted by atomic mass is 32.2. The van der Waals surface area contributed by atoms with Crippen LogP contribution < -0.4 is 14.8 Å². The molecule has 0 radical (unpaired) electrons. The number of rotatable bonds is 1. The highest BCUT2D eigenvalue weighted by Gasteiger charge is 2.28. The number of nitrogens with two attached hydrogens (primary N) is 1. The first kappa shape index (κ1) is 12.2. The van der Waals surface area contributed by atoms with E-state index in [1.165, 1.54) is 15.2 Å². The highest BCUT2D eigenvalue weighted by Crippen LogP contribution is 2.33. The van der Waals surface area contributed by atoms with E-state index in [4.69, 9.17) is 5.84 Å². The average molecular weight is 256 g/mol. The number of hydrogen-bond acceptors (Lipinski definition) is 3. The number of sulfonamides is 1. The van der Waals surface area contributed by atoms with Crippen molar-refractivity contribution in [2.24, 2.45) is 0 Å². The second-order valence-electron chi connectivity index (χ2n) is 4.61. The van der Waals surface area contributed by atoms with Crippen LogP contribution in [0.4, 0.5) is 5.69 Å². The molecule has 1 unspecified atom stereocenters. The maximum atomic E-state index is 11.8. The van der Waals surface area contributed by atoms with Crippen molar-refractivity contribution in [3.8, 4) is 0 Å². The van der Waals surface area contributed by atoms with Gasteiger partial charge in [-0.05, 0) is 24.3 Å². The lowest BCUT2D eigenvalue weighted by Crippen LogP contribution is -2.45. The van der Waals surface area contributed by atoms with Gasteiger partial charge in [-0.3, -0.25) is 4.31 Å². The third-order valence-corrected chi connectivity index (χ3v) is 4.37. The Morgan fingerprint density at radius 3 is 2.88 bits per heavy atom. The van der Waals surface area contributed by atoms with Crippen LogP contribution in [0.3, 0.4) is 0 Å². The van der Waals surface area contributed by atoms with Gasteiger partial charge in [0.1, 0.15) is 5.69 Å². The Bertz CT molecular complexity index is 528. The molecule has 1 aromatic heterocycles. The number of pyridine rings is 1. The first-order valence-corrected chi connectivity index (χ1v) is 7.52. The Morgan fingerprint density at radius 2 is 2.24 bits per heavy atom. The van der Waals surface area contributed by atoms with Crippen molar-refractivity contribution in [3.63, 3.8) is 0 Å². The van der Waals surface area contributed by atoms with Crippen molar-refractivity contribution in [3.05, 3.63) is 24.0 Å². The van der Waals surface area contributed by atoms with Crippen LogP contribution in [0, 0.1) is 0 Å². The Labute approximate surface area is 102 Å². The molecule has 2 rings (SSSR count). The molecule has 0 bridgehead atoms. The van der Waals surface area contributed by atoms with E-state index in [1.807, 2.05) is 6.07 Å². The van der Waals surface area contributed by atoms with Gasteiger partial charge >= 0.3 is 0 Å². The van der Waals surface area contributed by atoms with Crippen molar-refractivity contribution in [2.75, 3.05) is 22.9 Å². The largest absolute Gasteiger partial charge is 0.264 e. The number of fused-ring (bicyclic) bond motifs is 1. The third kappa shape index (κ3) is 2.36. The Kier molecular flexibility index (Phi) is 2.99. The Balaban J connectivity index is 2.60. The molecular formula is C11H18N3O2S+. The molecule has 0 spiro atoms. The van der Waals surface area contributed by atoms with Crippen LogP contribution in [-0.4, -0.2) is 21.2 Å². The monoisotopic (exact) mass is 256 g/mol. The third-order valence-electron chi connectivity index (χ3n) is 3.19. The minimum atomic E-state index is -3.24. The molecule has 0 fully saturated rings. The molecular weight excluding hydrogens is 238 g/mol. The molecule has 0 aromatic carbocycles. The maximum absolute atomic E-state index is 11.8. The standard InChI is InChI=1S/C11H18N3O2S/c1-9-4-3-6-14(17(2,15)16)11-8-13(12)7-5-10(9)11/h5,7-9H,3-4,6,12H2,1-2H3/q+1. The lowest BCUT2D eigenvalue weighted by atomic mass is 9.97. The molecule has 17 heavy (non-hydrogen) atoms. The van der Waals surface area contributed by atoms with Crippen LogP contribution in [0.5, 0.6) is 0 Å². The molecule has 2 heterocycles. The van der Waals surface area contributed by atoms with Crippen LogP contribution in [0.25, 0.3) is 0 Å². The van der Waals surface area contributed by atoms with Gasteiger partial charge in [-0.25, -0.2) is 14.3 Å². The van der Waals surface area contributed by atoms with Crippen molar-refractivity contribution in [1.82, 2.24) is 0 Å². The summed E-state index contributed by atoms with van der Waals surface area (Å²) in [5.41, 5.74) is 1.76. The molecule has 0 aliphatic carbocycles. The van der Waals surface area contributed by atoms with E-state index in [0.29, 0.717) is 18.2 Å². The number of nitrogen functional groups attached to an aromatic ring is 1. The fourth-order valence-electron chi connectivity index (χ4n) is 2.30. The van der Waals surface area contributed by atoms with E-state index in [0.717, 1.165) is 18.4 Å². The van der Waals surface area contributed by atoms with Gasteiger partial charge in [0.25, 0.3) is 0 Å². The van der Waals surface area contributed by atoms with E-state index < -0.39 is 10.0 Å². The second-order valence-corrected chi connectivity index (χ2v) is 6.52. The molecule has 0 saturated carbocycles. The number of aromatic nitrogens is 1. The summed E-state index contributed by atoms with van der Waals surface area (Å²) in [7, 11) is -3.24. The predicted octanol–water partition coefficient (Wildman–Crippen LogP) is 0.351. The summed E-state index contributed by atoms with van der Waals surface area (Å²) in [6, 6.07) is 1.91. The SMILES string of the molecule is CC1CCCN(S(C)(=O)=O)c2c[n+](N)ccc21. The average Bonchev–Trinajstić information content (AvgIpc) is 2.37. The van der Waals surface area contributed by atoms with Gasteiger partial charge < -0.3 is 0 Å². The molecule has 0 amide bonds. The molecule has 5 nitrogen and oxygen atoms in total. The summed E-state index contributed by atoms with van der Waals surface area (Å²) in [6.45, 7) is 2.64. The normalized spacial score (nSPS) is 20.8. The van der Waals surface area contributed by atoms with E-state index >= 15 is 0 Å². The lowest BCUT2D eigenvalue weighted by molar-refractivity contribution is -0.638. The van der Waals surface area contributed by atoms with Gasteiger partial charge in [0.15, 0.2) is 6.20 Å². The second kappa shape index (κ2) is 4.18. The highest BCUT2D eigenvalue weighted by molar-refractivity contribution is 7.92.